The molecule has 110 valence electrons. The van der Waals surface area contributed by atoms with E-state index >= 15 is 0 Å². The van der Waals surface area contributed by atoms with E-state index in [1.807, 2.05) is 19.1 Å². The summed E-state index contributed by atoms with van der Waals surface area (Å²) in [5, 5.41) is 12.7. The van der Waals surface area contributed by atoms with Gasteiger partial charge in [-0.2, -0.15) is 0 Å². The summed E-state index contributed by atoms with van der Waals surface area (Å²) in [5.74, 6) is 0.0435. The maximum Gasteiger partial charge on any atom is 0.253 e. The van der Waals surface area contributed by atoms with Gasteiger partial charge in [0.1, 0.15) is 0 Å². The van der Waals surface area contributed by atoms with Crippen LogP contribution in [0.3, 0.4) is 0 Å². The van der Waals surface area contributed by atoms with Crippen LogP contribution in [0.1, 0.15) is 24.2 Å². The Bertz CT molecular complexity index is 587. The first kappa shape index (κ1) is 15.0. The maximum absolute atomic E-state index is 12.0. The third-order valence-corrected chi connectivity index (χ3v) is 2.95. The van der Waals surface area contributed by atoms with Crippen molar-refractivity contribution < 1.29 is 14.6 Å². The second-order valence-corrected chi connectivity index (χ2v) is 4.43. The van der Waals surface area contributed by atoms with Crippen molar-refractivity contribution in [2.45, 2.75) is 19.6 Å². The van der Waals surface area contributed by atoms with Crippen molar-refractivity contribution in [3.05, 3.63) is 59.8 Å². The predicted octanol–water partition coefficient (Wildman–Crippen LogP) is 1.83. The number of amides is 1. The van der Waals surface area contributed by atoms with Crippen LogP contribution in [0.5, 0.6) is 5.88 Å². The van der Waals surface area contributed by atoms with Crippen molar-refractivity contribution >= 4 is 5.91 Å². The van der Waals surface area contributed by atoms with E-state index in [4.69, 9.17) is 4.74 Å². The van der Waals surface area contributed by atoms with Crippen molar-refractivity contribution in [1.82, 2.24) is 10.3 Å². The molecule has 1 aromatic carbocycles. The van der Waals surface area contributed by atoms with Gasteiger partial charge in [0, 0.05) is 18.3 Å². The Kier molecular flexibility index (Phi) is 5.29. The van der Waals surface area contributed by atoms with Gasteiger partial charge in [-0.15, -0.1) is 0 Å². The molecule has 0 bridgehead atoms. The summed E-state index contributed by atoms with van der Waals surface area (Å²) in [4.78, 5) is 16.1. The number of nitrogens with zero attached hydrogens (tertiary/aromatic N) is 1. The lowest BCUT2D eigenvalue weighted by molar-refractivity contribution is -0.129. The van der Waals surface area contributed by atoms with Gasteiger partial charge in [-0.25, -0.2) is 4.98 Å². The number of benzene rings is 1. The van der Waals surface area contributed by atoms with Crippen LogP contribution in [0.2, 0.25) is 0 Å². The van der Waals surface area contributed by atoms with Crippen molar-refractivity contribution in [1.29, 1.82) is 0 Å². The lowest BCUT2D eigenvalue weighted by Crippen LogP contribution is -2.29. The van der Waals surface area contributed by atoms with Crippen LogP contribution in [-0.4, -0.2) is 22.6 Å². The van der Waals surface area contributed by atoms with Gasteiger partial charge in [-0.1, -0.05) is 36.4 Å². The summed E-state index contributed by atoms with van der Waals surface area (Å²) < 4.78 is 5.39. The average Bonchev–Trinajstić information content (AvgIpc) is 2.54. The summed E-state index contributed by atoms with van der Waals surface area (Å²) >= 11 is 0. The lowest BCUT2D eigenvalue weighted by atomic mass is 10.1. The molecule has 21 heavy (non-hydrogen) atoms. The van der Waals surface area contributed by atoms with Gasteiger partial charge in [-0.05, 0) is 18.6 Å². The van der Waals surface area contributed by atoms with E-state index < -0.39 is 12.0 Å². The minimum Gasteiger partial charge on any atom is -0.478 e. The molecule has 0 fully saturated rings. The zero-order valence-electron chi connectivity index (χ0n) is 11.8. The van der Waals surface area contributed by atoms with E-state index in [0.29, 0.717) is 18.1 Å². The first-order valence-corrected chi connectivity index (χ1v) is 6.79. The number of pyridine rings is 1. The Balaban J connectivity index is 1.98. The highest BCUT2D eigenvalue weighted by Gasteiger charge is 2.17. The number of hydrogen-bond donors (Lipinski definition) is 2. The first-order chi connectivity index (χ1) is 10.2. The van der Waals surface area contributed by atoms with Gasteiger partial charge >= 0.3 is 0 Å². The largest absolute Gasteiger partial charge is 0.478 e. The molecule has 1 amide bonds. The molecule has 0 aliphatic heterocycles. The SMILES string of the molecule is CCOc1ncccc1CNC(=O)C(O)c1ccccc1. The van der Waals surface area contributed by atoms with Crippen LogP contribution in [0.4, 0.5) is 0 Å². The fourth-order valence-corrected chi connectivity index (χ4v) is 1.89. The maximum atomic E-state index is 12.0. The van der Waals surface area contributed by atoms with E-state index in [2.05, 4.69) is 10.3 Å². The van der Waals surface area contributed by atoms with Crippen molar-refractivity contribution in [3.8, 4) is 5.88 Å². The van der Waals surface area contributed by atoms with Crippen molar-refractivity contribution in [3.63, 3.8) is 0 Å². The zero-order valence-corrected chi connectivity index (χ0v) is 11.8. The normalized spacial score (nSPS) is 11.7. The van der Waals surface area contributed by atoms with Gasteiger partial charge in [0.25, 0.3) is 5.91 Å². The van der Waals surface area contributed by atoms with Crippen LogP contribution in [0.15, 0.2) is 48.7 Å². The van der Waals surface area contributed by atoms with Gasteiger partial charge < -0.3 is 15.2 Å². The Morgan fingerprint density at radius 2 is 2.05 bits per heavy atom. The molecule has 2 aromatic rings. The second kappa shape index (κ2) is 7.40. The van der Waals surface area contributed by atoms with Crippen molar-refractivity contribution in [2.24, 2.45) is 0 Å². The molecule has 1 atom stereocenters. The number of carbonyl (C=O) groups excluding carboxylic acids is 1. The monoisotopic (exact) mass is 286 g/mol. The van der Waals surface area contributed by atoms with Crippen LogP contribution in [0, 0.1) is 0 Å². The Morgan fingerprint density at radius 3 is 2.76 bits per heavy atom. The second-order valence-electron chi connectivity index (χ2n) is 4.43. The molecule has 0 radical (unpaired) electrons. The summed E-state index contributed by atoms with van der Waals surface area (Å²) in [6.45, 7) is 2.63. The molecule has 2 rings (SSSR count). The predicted molar refractivity (Wildman–Crippen MR) is 78.7 cm³/mol. The Morgan fingerprint density at radius 1 is 1.29 bits per heavy atom. The first-order valence-electron chi connectivity index (χ1n) is 6.79. The van der Waals surface area contributed by atoms with Gasteiger partial charge in [0.15, 0.2) is 6.10 Å². The molecule has 0 saturated carbocycles. The Hall–Kier alpha value is -2.40. The third kappa shape index (κ3) is 4.03. The number of nitrogens with one attached hydrogen (secondary N) is 1. The van der Waals surface area contributed by atoms with E-state index in [1.54, 1.807) is 36.5 Å². The molecule has 0 saturated heterocycles. The van der Waals surface area contributed by atoms with Crippen LogP contribution >= 0.6 is 0 Å². The summed E-state index contributed by atoms with van der Waals surface area (Å²) in [5.41, 5.74) is 1.33. The standard InChI is InChI=1S/C16H18N2O3/c1-2-21-16-13(9-6-10-17-16)11-18-15(20)14(19)12-7-4-3-5-8-12/h3-10,14,19H,2,11H2,1H3,(H,18,20). The molecular weight excluding hydrogens is 268 g/mol. The minimum absolute atomic E-state index is 0.256. The number of aliphatic hydroxyl groups is 1. The number of aliphatic hydroxyl groups excluding tert-OH is 1. The summed E-state index contributed by atoms with van der Waals surface area (Å²) in [6.07, 6.45) is 0.452. The lowest BCUT2D eigenvalue weighted by Gasteiger charge is -2.13. The fraction of sp³-hybridized carbons (Fsp3) is 0.250. The molecule has 1 aromatic heterocycles. The van der Waals surface area contributed by atoms with E-state index in [1.165, 1.54) is 0 Å². The van der Waals surface area contributed by atoms with Gasteiger partial charge in [-0.3, -0.25) is 4.79 Å². The number of rotatable bonds is 6. The number of carbonyl (C=O) groups is 1. The van der Waals surface area contributed by atoms with E-state index in [9.17, 15) is 9.90 Å². The number of ether oxygens (including phenoxy) is 1. The number of aromatic nitrogens is 1. The van der Waals surface area contributed by atoms with Crippen LogP contribution < -0.4 is 10.1 Å². The highest BCUT2D eigenvalue weighted by atomic mass is 16.5. The minimum atomic E-state index is -1.18. The number of hydrogen-bond acceptors (Lipinski definition) is 4. The molecule has 1 unspecified atom stereocenters. The summed E-state index contributed by atoms with van der Waals surface area (Å²) in [7, 11) is 0. The average molecular weight is 286 g/mol. The highest BCUT2D eigenvalue weighted by Crippen LogP contribution is 2.15. The Labute approximate surface area is 123 Å². The zero-order chi connectivity index (χ0) is 15.1. The fourth-order valence-electron chi connectivity index (χ4n) is 1.89. The highest BCUT2D eigenvalue weighted by molar-refractivity contribution is 5.81. The van der Waals surface area contributed by atoms with Gasteiger partial charge in [0.05, 0.1) is 6.61 Å². The van der Waals surface area contributed by atoms with Crippen LogP contribution in [0.25, 0.3) is 0 Å². The van der Waals surface area contributed by atoms with Gasteiger partial charge in [0.2, 0.25) is 5.88 Å². The molecule has 0 aliphatic rings. The third-order valence-electron chi connectivity index (χ3n) is 2.95. The molecule has 1 heterocycles. The van der Waals surface area contributed by atoms with E-state index in [0.717, 1.165) is 5.56 Å². The molecule has 0 aliphatic carbocycles. The molecule has 5 heteroatoms. The molecular formula is C16H18N2O3. The van der Waals surface area contributed by atoms with Crippen molar-refractivity contribution in [2.75, 3.05) is 6.61 Å². The quantitative estimate of drug-likeness (QED) is 0.850. The van der Waals surface area contributed by atoms with Crippen LogP contribution in [-0.2, 0) is 11.3 Å². The summed E-state index contributed by atoms with van der Waals surface area (Å²) in [6, 6.07) is 12.4. The molecule has 2 N–H and O–H groups in total. The molecule has 0 spiro atoms. The topological polar surface area (TPSA) is 71.5 Å². The van der Waals surface area contributed by atoms with E-state index in [-0.39, 0.29) is 6.54 Å². The molecule has 5 nitrogen and oxygen atoms in total. The smallest absolute Gasteiger partial charge is 0.253 e.